The lowest BCUT2D eigenvalue weighted by molar-refractivity contribution is -0.106. The summed E-state index contributed by atoms with van der Waals surface area (Å²) < 4.78 is 2.09. The summed E-state index contributed by atoms with van der Waals surface area (Å²) >= 11 is 0. The van der Waals surface area contributed by atoms with Crippen LogP contribution in [0.4, 0.5) is 0 Å². The van der Waals surface area contributed by atoms with Crippen molar-refractivity contribution in [3.05, 3.63) is 83.9 Å². The first-order valence-corrected chi connectivity index (χ1v) is 11.2. The average molecular weight is 402 g/mol. The van der Waals surface area contributed by atoms with Crippen LogP contribution in [0.2, 0.25) is 0 Å². The summed E-state index contributed by atoms with van der Waals surface area (Å²) in [7, 11) is 0. The summed E-state index contributed by atoms with van der Waals surface area (Å²) in [5.41, 5.74) is 2.70. The molecular weight excluding hydrogens is 370 g/mol. The van der Waals surface area contributed by atoms with Crippen molar-refractivity contribution >= 4 is 0 Å². The maximum absolute atomic E-state index is 12.1. The molecule has 2 atom stereocenters. The van der Waals surface area contributed by atoms with E-state index in [9.17, 15) is 5.11 Å². The number of aromatic nitrogens is 2. The number of fused-ring (bicyclic) bond motifs is 3. The minimum Gasteiger partial charge on any atom is -0.385 e. The van der Waals surface area contributed by atoms with E-state index in [-0.39, 0.29) is 0 Å². The van der Waals surface area contributed by atoms with Gasteiger partial charge in [-0.15, -0.1) is 0 Å². The molecule has 4 heteroatoms. The average Bonchev–Trinajstić information content (AvgIpc) is 3.25. The third-order valence-electron chi connectivity index (χ3n) is 7.38. The molecule has 4 nitrogen and oxygen atoms in total. The van der Waals surface area contributed by atoms with E-state index in [0.29, 0.717) is 11.8 Å². The van der Waals surface area contributed by atoms with E-state index in [0.717, 1.165) is 36.5 Å². The largest absolute Gasteiger partial charge is 0.385 e. The molecule has 3 saturated heterocycles. The van der Waals surface area contributed by atoms with Crippen molar-refractivity contribution in [2.24, 2.45) is 11.8 Å². The molecule has 2 bridgehead atoms. The van der Waals surface area contributed by atoms with Crippen LogP contribution in [-0.4, -0.2) is 39.2 Å². The van der Waals surface area contributed by atoms with E-state index in [1.807, 2.05) is 25.4 Å². The summed E-state index contributed by atoms with van der Waals surface area (Å²) in [6, 6.07) is 19.1. The molecular formula is C26H31N3O. The third kappa shape index (κ3) is 3.59. The van der Waals surface area contributed by atoms with Gasteiger partial charge >= 0.3 is 0 Å². The molecule has 3 aliphatic rings. The Balaban J connectivity index is 1.37. The van der Waals surface area contributed by atoms with Crippen LogP contribution in [-0.2, 0) is 12.0 Å². The van der Waals surface area contributed by atoms with Crippen LogP contribution < -0.4 is 0 Å². The second-order valence-electron chi connectivity index (χ2n) is 9.05. The molecule has 1 aromatic heterocycles. The molecule has 2 unspecified atom stereocenters. The Bertz CT molecular complexity index is 973. The van der Waals surface area contributed by atoms with Gasteiger partial charge in [-0.2, -0.15) is 0 Å². The fourth-order valence-electron chi connectivity index (χ4n) is 5.59. The molecule has 0 spiro atoms. The van der Waals surface area contributed by atoms with Crippen molar-refractivity contribution < 1.29 is 5.11 Å². The van der Waals surface area contributed by atoms with Gasteiger partial charge in [-0.25, -0.2) is 4.98 Å². The second-order valence-corrected chi connectivity index (χ2v) is 9.05. The molecule has 156 valence electrons. The summed E-state index contributed by atoms with van der Waals surface area (Å²) in [4.78, 5) is 6.86. The Kier molecular flexibility index (Phi) is 5.21. The van der Waals surface area contributed by atoms with E-state index in [1.165, 1.54) is 31.5 Å². The maximum Gasteiger partial charge on any atom is 0.110 e. The van der Waals surface area contributed by atoms with E-state index in [2.05, 4.69) is 63.0 Å². The van der Waals surface area contributed by atoms with Gasteiger partial charge in [0.1, 0.15) is 5.82 Å². The van der Waals surface area contributed by atoms with Gasteiger partial charge in [-0.1, -0.05) is 42.5 Å². The van der Waals surface area contributed by atoms with Crippen LogP contribution in [0.1, 0.15) is 36.2 Å². The fourth-order valence-corrected chi connectivity index (χ4v) is 5.59. The monoisotopic (exact) mass is 401 g/mol. The molecule has 3 aliphatic heterocycles. The van der Waals surface area contributed by atoms with Gasteiger partial charge in [0, 0.05) is 30.5 Å². The van der Waals surface area contributed by atoms with E-state index in [4.69, 9.17) is 0 Å². The molecule has 1 N–H and O–H groups in total. The fraction of sp³-hybridized carbons (Fsp3) is 0.423. The standard InChI is InChI=1S/C26H31N3O/c1-20-27-15-18-29(20)24-9-7-21(8-10-24)11-14-26(30,23-5-3-2-4-6-23)25-19-28-16-12-22(25)13-17-28/h2-10,15,18,22,25,30H,11-14,16-17,19H2,1H3. The van der Waals surface area contributed by atoms with Crippen molar-refractivity contribution in [1.82, 2.24) is 14.5 Å². The van der Waals surface area contributed by atoms with Crippen LogP contribution in [0.3, 0.4) is 0 Å². The molecule has 3 aromatic rings. The molecule has 3 fully saturated rings. The van der Waals surface area contributed by atoms with Crippen LogP contribution >= 0.6 is 0 Å². The topological polar surface area (TPSA) is 41.3 Å². The molecule has 0 amide bonds. The molecule has 0 saturated carbocycles. The van der Waals surface area contributed by atoms with Gasteiger partial charge in [0.25, 0.3) is 0 Å². The second kappa shape index (κ2) is 8.01. The summed E-state index contributed by atoms with van der Waals surface area (Å²) in [5.74, 6) is 1.94. The minimum atomic E-state index is -0.773. The van der Waals surface area contributed by atoms with Crippen LogP contribution in [0.15, 0.2) is 67.0 Å². The first-order valence-electron chi connectivity index (χ1n) is 11.2. The molecule has 4 heterocycles. The number of nitrogens with zero attached hydrogens (tertiary/aromatic N) is 3. The van der Waals surface area contributed by atoms with Crippen molar-refractivity contribution in [2.75, 3.05) is 19.6 Å². The SMILES string of the molecule is Cc1nccn1-c1ccc(CCC(O)(c2ccccc2)C2CN3CCC2CC3)cc1. The van der Waals surface area contributed by atoms with E-state index in [1.54, 1.807) is 0 Å². The highest BCUT2D eigenvalue weighted by atomic mass is 16.3. The number of benzene rings is 2. The molecule has 30 heavy (non-hydrogen) atoms. The van der Waals surface area contributed by atoms with Gasteiger partial charge < -0.3 is 14.6 Å². The molecule has 0 radical (unpaired) electrons. The number of aliphatic hydroxyl groups is 1. The minimum absolute atomic E-state index is 0.315. The Morgan fingerprint density at radius 1 is 1.03 bits per heavy atom. The summed E-state index contributed by atoms with van der Waals surface area (Å²) in [6.07, 6.45) is 7.90. The predicted octanol–water partition coefficient (Wildman–Crippen LogP) is 4.34. The predicted molar refractivity (Wildman–Crippen MR) is 120 cm³/mol. The van der Waals surface area contributed by atoms with Gasteiger partial charge in [-0.3, -0.25) is 0 Å². The Labute approximate surface area is 179 Å². The van der Waals surface area contributed by atoms with Crippen LogP contribution in [0.5, 0.6) is 0 Å². The molecule has 0 aliphatic carbocycles. The summed E-state index contributed by atoms with van der Waals surface area (Å²) in [5, 5.41) is 12.1. The highest BCUT2D eigenvalue weighted by Crippen LogP contribution is 2.45. The number of piperidine rings is 3. The number of hydrogen-bond donors (Lipinski definition) is 1. The number of hydrogen-bond acceptors (Lipinski definition) is 3. The van der Waals surface area contributed by atoms with Gasteiger partial charge in [0.15, 0.2) is 0 Å². The van der Waals surface area contributed by atoms with E-state index >= 15 is 0 Å². The lowest BCUT2D eigenvalue weighted by atomic mass is 9.66. The highest BCUT2D eigenvalue weighted by Gasteiger charge is 2.47. The van der Waals surface area contributed by atoms with Crippen LogP contribution in [0.25, 0.3) is 5.69 Å². The van der Waals surface area contributed by atoms with Crippen molar-refractivity contribution in [2.45, 2.75) is 38.2 Å². The Morgan fingerprint density at radius 3 is 2.37 bits per heavy atom. The van der Waals surface area contributed by atoms with Crippen LogP contribution in [0, 0.1) is 18.8 Å². The highest BCUT2D eigenvalue weighted by molar-refractivity contribution is 5.36. The Hall–Kier alpha value is -2.43. The first-order chi connectivity index (χ1) is 14.6. The normalized spacial score (nSPS) is 25.2. The number of imidazole rings is 1. The zero-order chi connectivity index (χ0) is 20.6. The van der Waals surface area contributed by atoms with Crippen molar-refractivity contribution in [1.29, 1.82) is 0 Å². The van der Waals surface area contributed by atoms with Gasteiger partial charge in [0.05, 0.1) is 5.60 Å². The smallest absolute Gasteiger partial charge is 0.110 e. The van der Waals surface area contributed by atoms with Crippen molar-refractivity contribution in [3.63, 3.8) is 0 Å². The first kappa shape index (κ1) is 19.5. The number of aryl methyl sites for hydroxylation is 2. The molecule has 2 aromatic carbocycles. The van der Waals surface area contributed by atoms with Gasteiger partial charge in [-0.05, 0) is 74.9 Å². The zero-order valence-electron chi connectivity index (χ0n) is 17.7. The third-order valence-corrected chi connectivity index (χ3v) is 7.38. The quantitative estimate of drug-likeness (QED) is 0.668. The van der Waals surface area contributed by atoms with Gasteiger partial charge in [0.2, 0.25) is 0 Å². The molecule has 6 rings (SSSR count). The number of rotatable bonds is 6. The Morgan fingerprint density at radius 2 is 1.77 bits per heavy atom. The summed E-state index contributed by atoms with van der Waals surface area (Å²) in [6.45, 7) is 5.43. The zero-order valence-corrected chi connectivity index (χ0v) is 17.7. The maximum atomic E-state index is 12.1. The lowest BCUT2D eigenvalue weighted by Crippen LogP contribution is -2.55. The van der Waals surface area contributed by atoms with E-state index < -0.39 is 5.60 Å². The van der Waals surface area contributed by atoms with Crippen molar-refractivity contribution in [3.8, 4) is 5.69 Å². The lowest BCUT2D eigenvalue weighted by Gasteiger charge is -2.51.